The van der Waals surface area contributed by atoms with Gasteiger partial charge in [0.2, 0.25) is 0 Å². The summed E-state index contributed by atoms with van der Waals surface area (Å²) in [6.07, 6.45) is 0.979. The molecule has 0 fully saturated rings. The molecule has 3 N–H and O–H groups in total. The van der Waals surface area contributed by atoms with Crippen LogP contribution in [0.1, 0.15) is 22.8 Å². The number of rotatable bonds is 3. The van der Waals surface area contributed by atoms with Gasteiger partial charge in [-0.25, -0.2) is 0 Å². The summed E-state index contributed by atoms with van der Waals surface area (Å²) in [6.45, 7) is 0.442. The normalized spacial score (nSPS) is 17.5. The summed E-state index contributed by atoms with van der Waals surface area (Å²) in [4.78, 5) is 0. The Labute approximate surface area is 138 Å². The predicted octanol–water partition coefficient (Wildman–Crippen LogP) is 3.88. The number of hydrogen-bond donors (Lipinski definition) is 2. The fourth-order valence-electron chi connectivity index (χ4n) is 3.23. The van der Waals surface area contributed by atoms with Crippen molar-refractivity contribution in [3.8, 4) is 0 Å². The van der Waals surface area contributed by atoms with Crippen molar-refractivity contribution in [1.29, 1.82) is 0 Å². The average molecular weight is 367 g/mol. The quantitative estimate of drug-likeness (QED) is 0.866. The van der Waals surface area contributed by atoms with Gasteiger partial charge in [-0.05, 0) is 41.7 Å². The largest absolute Gasteiger partial charge is 0.388 e. The summed E-state index contributed by atoms with van der Waals surface area (Å²) in [5.74, 6) is 0. The molecule has 3 rings (SSSR count). The Morgan fingerprint density at radius 1 is 1.19 bits per heavy atom. The summed E-state index contributed by atoms with van der Waals surface area (Å²) in [7, 11) is 0. The highest BCUT2D eigenvalue weighted by atomic mass is 79.9. The van der Waals surface area contributed by atoms with E-state index < -0.39 is 6.10 Å². The molecule has 0 spiro atoms. The molecule has 4 heteroatoms. The fraction of sp³-hybridized carbons (Fsp3) is 0.294. The van der Waals surface area contributed by atoms with Crippen LogP contribution in [0.15, 0.2) is 46.9 Å². The minimum atomic E-state index is -0.624. The van der Waals surface area contributed by atoms with E-state index in [0.29, 0.717) is 11.6 Å². The maximum atomic E-state index is 11.0. The van der Waals surface area contributed by atoms with Crippen LogP contribution in [0.3, 0.4) is 0 Å². The molecule has 0 saturated heterocycles. The molecule has 0 aliphatic heterocycles. The first kappa shape index (κ1) is 15.0. The Kier molecular flexibility index (Phi) is 4.10. The van der Waals surface area contributed by atoms with Crippen LogP contribution in [0.25, 0.3) is 0 Å². The van der Waals surface area contributed by atoms with E-state index in [1.165, 1.54) is 11.1 Å². The van der Waals surface area contributed by atoms with Gasteiger partial charge in [0.15, 0.2) is 0 Å². The second kappa shape index (κ2) is 5.73. The number of fused-ring (bicyclic) bond motifs is 1. The molecule has 1 atom stereocenters. The first-order chi connectivity index (χ1) is 10.1. The Hall–Kier alpha value is -0.870. The lowest BCUT2D eigenvalue weighted by Crippen LogP contribution is -2.37. The van der Waals surface area contributed by atoms with Gasteiger partial charge in [0, 0.05) is 21.5 Å². The van der Waals surface area contributed by atoms with Crippen molar-refractivity contribution in [1.82, 2.24) is 0 Å². The molecule has 0 radical (unpaired) electrons. The van der Waals surface area contributed by atoms with Crippen LogP contribution >= 0.6 is 27.5 Å². The van der Waals surface area contributed by atoms with Crippen molar-refractivity contribution in [2.24, 2.45) is 11.1 Å². The molecule has 0 heterocycles. The van der Waals surface area contributed by atoms with Gasteiger partial charge in [-0.1, -0.05) is 57.9 Å². The molecule has 0 bridgehead atoms. The molecule has 2 aromatic carbocycles. The predicted molar refractivity (Wildman–Crippen MR) is 89.4 cm³/mol. The standard InChI is InChI=1S/C17H17BrClNO/c18-15-7-13(19)5-6-14(15)16(21)17(10-20)8-11-3-1-2-4-12(11)9-17/h1-7,16,21H,8-10,20H2. The smallest absolute Gasteiger partial charge is 0.0875 e. The first-order valence-electron chi connectivity index (χ1n) is 6.95. The van der Waals surface area contributed by atoms with E-state index in [9.17, 15) is 5.11 Å². The van der Waals surface area contributed by atoms with Gasteiger partial charge in [-0.3, -0.25) is 0 Å². The molecule has 1 aliphatic carbocycles. The number of halogens is 2. The third-order valence-electron chi connectivity index (χ3n) is 4.45. The van der Waals surface area contributed by atoms with Gasteiger partial charge < -0.3 is 10.8 Å². The number of hydrogen-bond acceptors (Lipinski definition) is 2. The van der Waals surface area contributed by atoms with E-state index >= 15 is 0 Å². The molecule has 2 nitrogen and oxygen atoms in total. The lowest BCUT2D eigenvalue weighted by atomic mass is 9.76. The van der Waals surface area contributed by atoms with Crippen LogP contribution in [0.2, 0.25) is 5.02 Å². The van der Waals surface area contributed by atoms with Gasteiger partial charge >= 0.3 is 0 Å². The van der Waals surface area contributed by atoms with Crippen LogP contribution in [0.4, 0.5) is 0 Å². The number of aliphatic hydroxyl groups excluding tert-OH is 1. The van der Waals surface area contributed by atoms with Crippen LogP contribution in [-0.4, -0.2) is 11.7 Å². The zero-order valence-electron chi connectivity index (χ0n) is 11.5. The zero-order chi connectivity index (χ0) is 15.0. The van der Waals surface area contributed by atoms with E-state index in [4.69, 9.17) is 17.3 Å². The average Bonchev–Trinajstić information content (AvgIpc) is 2.86. The third kappa shape index (κ3) is 2.64. The van der Waals surface area contributed by atoms with Gasteiger partial charge in [-0.15, -0.1) is 0 Å². The Morgan fingerprint density at radius 3 is 2.33 bits per heavy atom. The fourth-order valence-corrected chi connectivity index (χ4v) is 4.13. The molecule has 0 aromatic heterocycles. The maximum Gasteiger partial charge on any atom is 0.0875 e. The third-order valence-corrected chi connectivity index (χ3v) is 5.37. The number of nitrogens with two attached hydrogens (primary N) is 1. The van der Waals surface area contributed by atoms with Crippen molar-refractivity contribution in [2.45, 2.75) is 18.9 Å². The summed E-state index contributed by atoms with van der Waals surface area (Å²) >= 11 is 9.48. The van der Waals surface area contributed by atoms with Crippen LogP contribution in [0.5, 0.6) is 0 Å². The lowest BCUT2D eigenvalue weighted by molar-refractivity contribution is 0.0352. The Bertz CT molecular complexity index is 649. The summed E-state index contributed by atoms with van der Waals surface area (Å²) < 4.78 is 0.825. The van der Waals surface area contributed by atoms with Crippen molar-refractivity contribution >= 4 is 27.5 Å². The van der Waals surface area contributed by atoms with Crippen LogP contribution < -0.4 is 5.73 Å². The van der Waals surface area contributed by atoms with E-state index in [-0.39, 0.29) is 5.41 Å². The molecule has 1 aliphatic rings. The van der Waals surface area contributed by atoms with Crippen molar-refractivity contribution in [3.05, 3.63) is 68.7 Å². The van der Waals surface area contributed by atoms with Crippen molar-refractivity contribution in [2.75, 3.05) is 6.54 Å². The zero-order valence-corrected chi connectivity index (χ0v) is 13.9. The van der Waals surface area contributed by atoms with E-state index in [1.807, 2.05) is 24.3 Å². The van der Waals surface area contributed by atoms with Gasteiger partial charge in [0.25, 0.3) is 0 Å². The topological polar surface area (TPSA) is 46.2 Å². The summed E-state index contributed by atoms with van der Waals surface area (Å²) in [5, 5.41) is 11.6. The molecule has 2 aromatic rings. The van der Waals surface area contributed by atoms with Crippen molar-refractivity contribution < 1.29 is 5.11 Å². The second-order valence-electron chi connectivity index (χ2n) is 5.76. The SMILES string of the molecule is NCC1(C(O)c2ccc(Cl)cc2Br)Cc2ccccc2C1. The highest BCUT2D eigenvalue weighted by molar-refractivity contribution is 9.10. The number of benzene rings is 2. The summed E-state index contributed by atoms with van der Waals surface area (Å²) in [6, 6.07) is 13.8. The van der Waals surface area contributed by atoms with E-state index in [0.717, 1.165) is 22.9 Å². The lowest BCUT2D eigenvalue weighted by Gasteiger charge is -2.34. The summed E-state index contributed by atoms with van der Waals surface area (Å²) in [5.41, 5.74) is 9.13. The highest BCUT2D eigenvalue weighted by Gasteiger charge is 2.43. The molecule has 110 valence electrons. The molecular formula is C17H17BrClNO. The molecule has 21 heavy (non-hydrogen) atoms. The molecule has 0 amide bonds. The molecular weight excluding hydrogens is 350 g/mol. The Morgan fingerprint density at radius 2 is 1.81 bits per heavy atom. The maximum absolute atomic E-state index is 11.0. The van der Waals surface area contributed by atoms with E-state index in [1.54, 1.807) is 6.07 Å². The van der Waals surface area contributed by atoms with Crippen molar-refractivity contribution in [3.63, 3.8) is 0 Å². The van der Waals surface area contributed by atoms with Gasteiger partial charge in [-0.2, -0.15) is 0 Å². The van der Waals surface area contributed by atoms with Gasteiger partial charge in [0.1, 0.15) is 0 Å². The van der Waals surface area contributed by atoms with Gasteiger partial charge in [0.05, 0.1) is 6.10 Å². The van der Waals surface area contributed by atoms with E-state index in [2.05, 4.69) is 28.1 Å². The highest BCUT2D eigenvalue weighted by Crippen LogP contribution is 2.46. The Balaban J connectivity index is 1.98. The molecule has 0 saturated carbocycles. The molecule has 1 unspecified atom stereocenters. The number of aliphatic hydroxyl groups is 1. The first-order valence-corrected chi connectivity index (χ1v) is 8.13. The minimum absolute atomic E-state index is 0.347. The van der Waals surface area contributed by atoms with Crippen LogP contribution in [-0.2, 0) is 12.8 Å². The minimum Gasteiger partial charge on any atom is -0.388 e. The monoisotopic (exact) mass is 365 g/mol. The van der Waals surface area contributed by atoms with Crippen LogP contribution in [0, 0.1) is 5.41 Å². The second-order valence-corrected chi connectivity index (χ2v) is 7.05.